The lowest BCUT2D eigenvalue weighted by atomic mass is 10.1. The van der Waals surface area contributed by atoms with Crippen molar-refractivity contribution >= 4 is 33.2 Å². The third-order valence-electron chi connectivity index (χ3n) is 3.32. The summed E-state index contributed by atoms with van der Waals surface area (Å²) in [7, 11) is 0. The minimum atomic E-state index is -0.575. The zero-order valence-corrected chi connectivity index (χ0v) is 12.7. The molecule has 2 N–H and O–H groups in total. The third-order valence-corrected chi connectivity index (χ3v) is 5.02. The van der Waals surface area contributed by atoms with Gasteiger partial charge >= 0.3 is 0 Å². The van der Waals surface area contributed by atoms with Gasteiger partial charge in [0, 0.05) is 21.2 Å². The first-order valence-corrected chi connectivity index (χ1v) is 7.86. The molecule has 104 valence electrons. The average molecular weight is 347 g/mol. The van der Waals surface area contributed by atoms with Crippen molar-refractivity contribution in [3.63, 3.8) is 0 Å². The molecule has 5 nitrogen and oxygen atoms in total. The lowest BCUT2D eigenvalue weighted by molar-refractivity contribution is -0.144. The molecule has 1 spiro atoms. The predicted octanol–water partition coefficient (Wildman–Crippen LogP) is 1.23. The quantitative estimate of drug-likeness (QED) is 0.864. The zero-order chi connectivity index (χ0) is 13.3. The van der Waals surface area contributed by atoms with Crippen LogP contribution in [0.2, 0.25) is 0 Å². The van der Waals surface area contributed by atoms with E-state index in [2.05, 4.69) is 26.6 Å². The second kappa shape index (κ2) is 5.49. The van der Waals surface area contributed by atoms with E-state index in [0.717, 1.165) is 9.35 Å². The summed E-state index contributed by atoms with van der Waals surface area (Å²) in [5, 5.41) is 8.10. The molecular formula is C12H15BrN2O3S. The number of rotatable bonds is 3. The zero-order valence-electron chi connectivity index (χ0n) is 10.3. The van der Waals surface area contributed by atoms with Gasteiger partial charge in [-0.15, -0.1) is 11.3 Å². The Morgan fingerprint density at radius 1 is 1.58 bits per heavy atom. The standard InChI is InChI=1S/C12H15BrN2O3S/c13-8-3-9(19-6-8)5-14-11(16)10-4-12(7-15-10)17-1-2-18-12/h3,6,10,15H,1-2,4-5,7H2,(H,14,16). The van der Waals surface area contributed by atoms with E-state index in [4.69, 9.17) is 9.47 Å². The highest BCUT2D eigenvalue weighted by Crippen LogP contribution is 2.29. The maximum Gasteiger partial charge on any atom is 0.237 e. The number of ether oxygens (including phenoxy) is 2. The molecule has 7 heteroatoms. The van der Waals surface area contributed by atoms with Crippen molar-refractivity contribution in [2.75, 3.05) is 19.8 Å². The fourth-order valence-corrected chi connectivity index (χ4v) is 3.77. The molecule has 2 aliphatic rings. The number of carbonyl (C=O) groups excluding carboxylic acids is 1. The van der Waals surface area contributed by atoms with Crippen LogP contribution in [0, 0.1) is 0 Å². The number of hydrogen-bond acceptors (Lipinski definition) is 5. The van der Waals surface area contributed by atoms with Crippen LogP contribution in [0.4, 0.5) is 0 Å². The maximum absolute atomic E-state index is 12.1. The highest BCUT2D eigenvalue weighted by atomic mass is 79.9. The number of halogens is 1. The molecule has 0 radical (unpaired) electrons. The topological polar surface area (TPSA) is 59.6 Å². The Balaban J connectivity index is 1.51. The highest BCUT2D eigenvalue weighted by Gasteiger charge is 2.46. The highest BCUT2D eigenvalue weighted by molar-refractivity contribution is 9.10. The van der Waals surface area contributed by atoms with E-state index in [-0.39, 0.29) is 11.9 Å². The second-order valence-electron chi connectivity index (χ2n) is 4.69. The fraction of sp³-hybridized carbons (Fsp3) is 0.583. The van der Waals surface area contributed by atoms with E-state index < -0.39 is 5.79 Å². The van der Waals surface area contributed by atoms with Crippen LogP contribution in [0.5, 0.6) is 0 Å². The SMILES string of the molecule is O=C(NCc1cc(Br)cs1)C1CC2(CN1)OCCO2. The summed E-state index contributed by atoms with van der Waals surface area (Å²) >= 11 is 5.02. The van der Waals surface area contributed by atoms with E-state index in [9.17, 15) is 4.79 Å². The van der Waals surface area contributed by atoms with Gasteiger partial charge in [0.2, 0.25) is 5.91 Å². The molecule has 0 saturated carbocycles. The van der Waals surface area contributed by atoms with Crippen molar-refractivity contribution in [1.29, 1.82) is 0 Å². The summed E-state index contributed by atoms with van der Waals surface area (Å²) in [6.07, 6.45) is 0.576. The smallest absolute Gasteiger partial charge is 0.237 e. The van der Waals surface area contributed by atoms with Gasteiger partial charge in [0.1, 0.15) is 0 Å². The van der Waals surface area contributed by atoms with Gasteiger partial charge in [0.25, 0.3) is 0 Å². The van der Waals surface area contributed by atoms with E-state index in [1.54, 1.807) is 11.3 Å². The Morgan fingerprint density at radius 3 is 3.05 bits per heavy atom. The van der Waals surface area contributed by atoms with Crippen molar-refractivity contribution in [3.8, 4) is 0 Å². The molecule has 19 heavy (non-hydrogen) atoms. The lowest BCUT2D eigenvalue weighted by Gasteiger charge is -2.19. The third kappa shape index (κ3) is 3.00. The summed E-state index contributed by atoms with van der Waals surface area (Å²) in [6.45, 7) is 2.36. The second-order valence-corrected chi connectivity index (χ2v) is 6.61. The van der Waals surface area contributed by atoms with Crippen molar-refractivity contribution < 1.29 is 14.3 Å². The molecule has 1 amide bonds. The molecule has 1 aromatic heterocycles. The van der Waals surface area contributed by atoms with E-state index >= 15 is 0 Å². The van der Waals surface area contributed by atoms with E-state index in [0.29, 0.717) is 32.7 Å². The fourth-order valence-electron chi connectivity index (χ4n) is 2.38. The number of nitrogens with one attached hydrogen (secondary N) is 2. The molecular weight excluding hydrogens is 332 g/mol. The van der Waals surface area contributed by atoms with Crippen molar-refractivity contribution in [2.24, 2.45) is 0 Å². The minimum Gasteiger partial charge on any atom is -0.350 e. The molecule has 1 atom stereocenters. The Hall–Kier alpha value is -0.470. The summed E-state index contributed by atoms with van der Waals surface area (Å²) in [6, 6.07) is 1.78. The molecule has 0 aliphatic carbocycles. The van der Waals surface area contributed by atoms with Crippen LogP contribution in [0.15, 0.2) is 15.9 Å². The largest absolute Gasteiger partial charge is 0.350 e. The van der Waals surface area contributed by atoms with Crippen LogP contribution < -0.4 is 10.6 Å². The molecule has 0 aromatic carbocycles. The van der Waals surface area contributed by atoms with Gasteiger partial charge in [0.05, 0.1) is 32.3 Å². The van der Waals surface area contributed by atoms with Crippen LogP contribution in [-0.4, -0.2) is 37.5 Å². The summed E-state index contributed by atoms with van der Waals surface area (Å²) in [5.74, 6) is -0.575. The first-order valence-electron chi connectivity index (χ1n) is 6.19. The number of amides is 1. The van der Waals surface area contributed by atoms with Crippen molar-refractivity contribution in [2.45, 2.75) is 24.8 Å². The van der Waals surface area contributed by atoms with Crippen LogP contribution in [0.25, 0.3) is 0 Å². The minimum absolute atomic E-state index is 0.000461. The lowest BCUT2D eigenvalue weighted by Crippen LogP contribution is -2.39. The molecule has 1 aromatic rings. The first-order chi connectivity index (χ1) is 9.17. The Kier molecular flexibility index (Phi) is 3.91. The predicted molar refractivity (Wildman–Crippen MR) is 74.9 cm³/mol. The Labute approximate surface area is 123 Å². The monoisotopic (exact) mass is 346 g/mol. The van der Waals surface area contributed by atoms with Gasteiger partial charge in [-0.2, -0.15) is 0 Å². The molecule has 2 aliphatic heterocycles. The Bertz CT molecular complexity index is 473. The van der Waals surface area contributed by atoms with Gasteiger partial charge in [-0.3, -0.25) is 4.79 Å². The van der Waals surface area contributed by atoms with E-state index in [1.807, 2.05) is 11.4 Å². The van der Waals surface area contributed by atoms with Crippen molar-refractivity contribution in [3.05, 3.63) is 20.8 Å². The Morgan fingerprint density at radius 2 is 2.37 bits per heavy atom. The summed E-state index contributed by atoms with van der Waals surface area (Å²) in [4.78, 5) is 13.2. The summed E-state index contributed by atoms with van der Waals surface area (Å²) < 4.78 is 12.2. The first kappa shape index (κ1) is 13.5. The van der Waals surface area contributed by atoms with Crippen LogP contribution in [-0.2, 0) is 20.8 Å². The molecule has 3 heterocycles. The van der Waals surface area contributed by atoms with Crippen LogP contribution in [0.1, 0.15) is 11.3 Å². The van der Waals surface area contributed by atoms with Gasteiger partial charge < -0.3 is 20.1 Å². The molecule has 0 bridgehead atoms. The van der Waals surface area contributed by atoms with Gasteiger partial charge in [-0.1, -0.05) is 0 Å². The van der Waals surface area contributed by atoms with Crippen LogP contribution >= 0.6 is 27.3 Å². The number of carbonyl (C=O) groups is 1. The van der Waals surface area contributed by atoms with E-state index in [1.165, 1.54) is 0 Å². The molecule has 1 unspecified atom stereocenters. The maximum atomic E-state index is 12.1. The van der Waals surface area contributed by atoms with Gasteiger partial charge in [-0.25, -0.2) is 0 Å². The molecule has 3 rings (SSSR count). The van der Waals surface area contributed by atoms with Gasteiger partial charge in [-0.05, 0) is 22.0 Å². The molecule has 2 saturated heterocycles. The van der Waals surface area contributed by atoms with Gasteiger partial charge in [0.15, 0.2) is 5.79 Å². The number of thiophene rings is 1. The van der Waals surface area contributed by atoms with Crippen LogP contribution in [0.3, 0.4) is 0 Å². The molecule has 2 fully saturated rings. The number of hydrogen-bond donors (Lipinski definition) is 2. The average Bonchev–Trinajstić information content (AvgIpc) is 3.11. The normalized spacial score (nSPS) is 25.0. The summed E-state index contributed by atoms with van der Waals surface area (Å²) in [5.41, 5.74) is 0. The van der Waals surface area contributed by atoms with Crippen molar-refractivity contribution in [1.82, 2.24) is 10.6 Å².